The molecular weight excluding hydrogens is 340 g/mol. The second-order valence-electron chi connectivity index (χ2n) is 6.12. The third-order valence-electron chi connectivity index (χ3n) is 4.40. The van der Waals surface area contributed by atoms with E-state index in [1.165, 1.54) is 6.20 Å². The van der Waals surface area contributed by atoms with E-state index in [9.17, 15) is 14.7 Å². The lowest BCUT2D eigenvalue weighted by atomic mass is 10.0. The van der Waals surface area contributed by atoms with Gasteiger partial charge >= 0.3 is 5.97 Å². The SMILES string of the molecule is Cc1c(-c2cnn(C3CCOCC3)c2)cnc(C(=O)NCC(=O)O)c1O. The van der Waals surface area contributed by atoms with Crippen LogP contribution in [0.4, 0.5) is 0 Å². The van der Waals surface area contributed by atoms with Crippen molar-refractivity contribution >= 4 is 11.9 Å². The number of hydrogen-bond donors (Lipinski definition) is 3. The van der Waals surface area contributed by atoms with Crippen molar-refractivity contribution in [3.05, 3.63) is 29.8 Å². The molecule has 0 spiro atoms. The molecule has 3 N–H and O–H groups in total. The lowest BCUT2D eigenvalue weighted by molar-refractivity contribution is -0.135. The number of aromatic hydroxyl groups is 1. The summed E-state index contributed by atoms with van der Waals surface area (Å²) >= 11 is 0. The molecule has 0 bridgehead atoms. The number of nitrogens with one attached hydrogen (secondary N) is 1. The van der Waals surface area contributed by atoms with E-state index >= 15 is 0 Å². The van der Waals surface area contributed by atoms with Gasteiger partial charge in [0.25, 0.3) is 5.91 Å². The van der Waals surface area contributed by atoms with Crippen LogP contribution in [0.1, 0.15) is 34.9 Å². The second-order valence-corrected chi connectivity index (χ2v) is 6.12. The Balaban J connectivity index is 1.83. The van der Waals surface area contributed by atoms with E-state index in [0.717, 1.165) is 18.4 Å². The minimum Gasteiger partial charge on any atom is -0.505 e. The number of pyridine rings is 1. The summed E-state index contributed by atoms with van der Waals surface area (Å²) in [7, 11) is 0. The molecule has 1 aliphatic rings. The first-order chi connectivity index (χ1) is 12.5. The van der Waals surface area contributed by atoms with Crippen LogP contribution in [0, 0.1) is 6.92 Å². The fraction of sp³-hybridized carbons (Fsp3) is 0.412. The summed E-state index contributed by atoms with van der Waals surface area (Å²) in [6.07, 6.45) is 6.86. The minimum atomic E-state index is -1.17. The van der Waals surface area contributed by atoms with Crippen LogP contribution in [0.2, 0.25) is 0 Å². The zero-order valence-electron chi connectivity index (χ0n) is 14.3. The highest BCUT2D eigenvalue weighted by atomic mass is 16.5. The molecule has 1 aliphatic heterocycles. The van der Waals surface area contributed by atoms with E-state index in [4.69, 9.17) is 9.84 Å². The molecule has 0 saturated carbocycles. The number of carboxylic acid groups (broad SMARTS) is 1. The van der Waals surface area contributed by atoms with Gasteiger partial charge in [-0.25, -0.2) is 4.98 Å². The molecule has 1 amide bonds. The van der Waals surface area contributed by atoms with Gasteiger partial charge in [-0.05, 0) is 19.8 Å². The number of aromatic nitrogens is 3. The number of amides is 1. The summed E-state index contributed by atoms with van der Waals surface area (Å²) < 4.78 is 7.25. The third kappa shape index (κ3) is 3.67. The average Bonchev–Trinajstić information content (AvgIpc) is 3.12. The Morgan fingerprint density at radius 3 is 2.77 bits per heavy atom. The molecule has 26 heavy (non-hydrogen) atoms. The molecule has 9 nitrogen and oxygen atoms in total. The van der Waals surface area contributed by atoms with Gasteiger partial charge in [0.1, 0.15) is 12.3 Å². The molecule has 3 rings (SSSR count). The minimum absolute atomic E-state index is 0.204. The lowest BCUT2D eigenvalue weighted by Crippen LogP contribution is -2.30. The summed E-state index contributed by atoms with van der Waals surface area (Å²) in [4.78, 5) is 26.5. The first-order valence-corrected chi connectivity index (χ1v) is 8.28. The first-order valence-electron chi connectivity index (χ1n) is 8.28. The fourth-order valence-electron chi connectivity index (χ4n) is 2.92. The zero-order valence-corrected chi connectivity index (χ0v) is 14.3. The molecule has 1 saturated heterocycles. The monoisotopic (exact) mass is 360 g/mol. The highest BCUT2D eigenvalue weighted by Crippen LogP contribution is 2.31. The molecule has 0 atom stereocenters. The fourth-order valence-corrected chi connectivity index (χ4v) is 2.92. The van der Waals surface area contributed by atoms with E-state index in [1.807, 2.05) is 10.9 Å². The van der Waals surface area contributed by atoms with Crippen molar-refractivity contribution in [3.8, 4) is 16.9 Å². The van der Waals surface area contributed by atoms with Crippen LogP contribution in [-0.4, -0.2) is 56.6 Å². The molecule has 1 fully saturated rings. The number of carbonyl (C=O) groups excluding carboxylic acids is 1. The zero-order chi connectivity index (χ0) is 18.7. The predicted octanol–water partition coefficient (Wildman–Crippen LogP) is 1.13. The van der Waals surface area contributed by atoms with Crippen LogP contribution in [0.5, 0.6) is 5.75 Å². The summed E-state index contributed by atoms with van der Waals surface area (Å²) in [6.45, 7) is 2.55. The van der Waals surface area contributed by atoms with Gasteiger partial charge in [0.05, 0.1) is 12.2 Å². The Morgan fingerprint density at radius 2 is 2.08 bits per heavy atom. The largest absolute Gasteiger partial charge is 0.505 e. The molecule has 2 aromatic heterocycles. The van der Waals surface area contributed by atoms with Gasteiger partial charge in [0.15, 0.2) is 5.69 Å². The van der Waals surface area contributed by atoms with Gasteiger partial charge in [0, 0.05) is 42.3 Å². The van der Waals surface area contributed by atoms with Gasteiger partial charge in [0.2, 0.25) is 0 Å². The Kier molecular flexibility index (Phi) is 5.17. The van der Waals surface area contributed by atoms with Gasteiger partial charge in [-0.3, -0.25) is 14.3 Å². The Hall–Kier alpha value is -2.94. The van der Waals surface area contributed by atoms with Crippen LogP contribution < -0.4 is 5.32 Å². The highest BCUT2D eigenvalue weighted by molar-refractivity contribution is 5.97. The summed E-state index contributed by atoms with van der Waals surface area (Å²) in [6, 6.07) is 0.278. The summed E-state index contributed by atoms with van der Waals surface area (Å²) in [5.74, 6) is -2.19. The van der Waals surface area contributed by atoms with Crippen molar-refractivity contribution in [2.24, 2.45) is 0 Å². The molecule has 0 aliphatic carbocycles. The average molecular weight is 360 g/mol. The maximum absolute atomic E-state index is 12.0. The van der Waals surface area contributed by atoms with Gasteiger partial charge in [-0.15, -0.1) is 0 Å². The molecule has 3 heterocycles. The highest BCUT2D eigenvalue weighted by Gasteiger charge is 2.21. The van der Waals surface area contributed by atoms with Crippen LogP contribution in [-0.2, 0) is 9.53 Å². The quantitative estimate of drug-likeness (QED) is 0.729. The maximum atomic E-state index is 12.0. The van der Waals surface area contributed by atoms with E-state index in [0.29, 0.717) is 24.3 Å². The molecule has 0 aromatic carbocycles. The van der Waals surface area contributed by atoms with Crippen molar-refractivity contribution in [2.45, 2.75) is 25.8 Å². The normalized spacial score (nSPS) is 15.0. The molecule has 2 aromatic rings. The Morgan fingerprint density at radius 1 is 1.35 bits per heavy atom. The Bertz CT molecular complexity index is 827. The number of aliphatic carboxylic acids is 1. The maximum Gasteiger partial charge on any atom is 0.322 e. The van der Waals surface area contributed by atoms with Crippen LogP contribution in [0.25, 0.3) is 11.1 Å². The number of carboxylic acids is 1. The smallest absolute Gasteiger partial charge is 0.322 e. The summed E-state index contributed by atoms with van der Waals surface area (Å²) in [5, 5.41) is 25.5. The number of nitrogens with zero attached hydrogens (tertiary/aromatic N) is 3. The molecular formula is C17H20N4O5. The molecule has 9 heteroatoms. The van der Waals surface area contributed by atoms with Gasteiger partial charge < -0.3 is 20.3 Å². The van der Waals surface area contributed by atoms with Crippen LogP contribution in [0.15, 0.2) is 18.6 Å². The van der Waals surface area contributed by atoms with E-state index < -0.39 is 18.4 Å². The number of hydrogen-bond acceptors (Lipinski definition) is 6. The van der Waals surface area contributed by atoms with Crippen molar-refractivity contribution in [2.75, 3.05) is 19.8 Å². The molecule has 0 radical (unpaired) electrons. The number of carbonyl (C=O) groups is 2. The van der Waals surface area contributed by atoms with Crippen molar-refractivity contribution in [1.29, 1.82) is 0 Å². The standard InChI is InChI=1S/C17H20N4O5/c1-10-13(7-18-15(16(10)24)17(25)19-8-14(22)23)11-6-20-21(9-11)12-2-4-26-5-3-12/h6-7,9,12,24H,2-5,8H2,1H3,(H,19,25)(H,22,23). The first kappa shape index (κ1) is 17.9. The number of ether oxygens (including phenoxy) is 1. The van der Waals surface area contributed by atoms with Crippen molar-refractivity contribution in [3.63, 3.8) is 0 Å². The van der Waals surface area contributed by atoms with E-state index in [2.05, 4.69) is 15.4 Å². The topological polar surface area (TPSA) is 127 Å². The van der Waals surface area contributed by atoms with Crippen molar-refractivity contribution < 1.29 is 24.5 Å². The van der Waals surface area contributed by atoms with Gasteiger partial charge in [-0.2, -0.15) is 5.10 Å². The predicted molar refractivity (Wildman–Crippen MR) is 90.9 cm³/mol. The third-order valence-corrected chi connectivity index (χ3v) is 4.40. The second kappa shape index (κ2) is 7.52. The molecule has 0 unspecified atom stereocenters. The molecule has 138 valence electrons. The Labute approximate surface area is 149 Å². The van der Waals surface area contributed by atoms with E-state index in [-0.39, 0.29) is 17.5 Å². The lowest BCUT2D eigenvalue weighted by Gasteiger charge is -2.22. The number of rotatable bonds is 5. The van der Waals surface area contributed by atoms with Crippen LogP contribution >= 0.6 is 0 Å². The summed E-state index contributed by atoms with van der Waals surface area (Å²) in [5.41, 5.74) is 1.72. The van der Waals surface area contributed by atoms with Crippen LogP contribution in [0.3, 0.4) is 0 Å². The van der Waals surface area contributed by atoms with Gasteiger partial charge in [-0.1, -0.05) is 0 Å². The van der Waals surface area contributed by atoms with Crippen molar-refractivity contribution in [1.82, 2.24) is 20.1 Å². The van der Waals surface area contributed by atoms with E-state index in [1.54, 1.807) is 13.1 Å².